The highest BCUT2D eigenvalue weighted by molar-refractivity contribution is 9.11. The van der Waals surface area contributed by atoms with E-state index < -0.39 is 15.2 Å². The van der Waals surface area contributed by atoms with Crippen LogP contribution in [0.3, 0.4) is 0 Å². The molecule has 1 aliphatic rings. The fourth-order valence-electron chi connectivity index (χ4n) is 1.86. The van der Waals surface area contributed by atoms with Crippen LogP contribution in [0.25, 0.3) is 0 Å². The van der Waals surface area contributed by atoms with Crippen molar-refractivity contribution in [3.63, 3.8) is 0 Å². The van der Waals surface area contributed by atoms with Gasteiger partial charge in [-0.25, -0.2) is 8.42 Å². The average Bonchev–Trinajstić information content (AvgIpc) is 2.77. The molecule has 96 valence electrons. The minimum atomic E-state index is -3.23. The minimum Gasteiger partial charge on any atom is -0.314 e. The molecule has 2 rings (SSSR count). The lowest BCUT2D eigenvalue weighted by atomic mass is 10.4. The molecule has 1 unspecified atom stereocenters. The van der Waals surface area contributed by atoms with Gasteiger partial charge in [-0.3, -0.25) is 4.90 Å². The summed E-state index contributed by atoms with van der Waals surface area (Å²) in [6.07, 6.45) is 0. The highest BCUT2D eigenvalue weighted by Gasteiger charge is 2.30. The van der Waals surface area contributed by atoms with E-state index in [1.165, 1.54) is 11.3 Å². The molecule has 0 spiro atoms. The summed E-state index contributed by atoms with van der Waals surface area (Å²) in [6, 6.07) is 3.45. The van der Waals surface area contributed by atoms with Gasteiger partial charge in [-0.2, -0.15) is 0 Å². The van der Waals surface area contributed by atoms with Gasteiger partial charge in [-0.1, -0.05) is 0 Å². The molecular weight excluding hydrogens is 324 g/mol. The van der Waals surface area contributed by atoms with E-state index in [2.05, 4.69) is 21.2 Å². The number of sulfone groups is 1. The summed E-state index contributed by atoms with van der Waals surface area (Å²) in [4.78, 5) is 2.01. The third kappa shape index (κ3) is 2.90. The van der Waals surface area contributed by atoms with Crippen LogP contribution < -0.4 is 5.32 Å². The maximum atomic E-state index is 12.4. The van der Waals surface area contributed by atoms with Gasteiger partial charge in [0.25, 0.3) is 0 Å². The lowest BCUT2D eigenvalue weighted by molar-refractivity contribution is 0.227. The largest absolute Gasteiger partial charge is 0.314 e. The molecule has 0 aliphatic carbocycles. The van der Waals surface area contributed by atoms with Crippen molar-refractivity contribution in [2.45, 2.75) is 16.5 Å². The van der Waals surface area contributed by atoms with Crippen molar-refractivity contribution in [2.75, 3.05) is 26.2 Å². The van der Waals surface area contributed by atoms with Crippen LogP contribution in [0.4, 0.5) is 0 Å². The monoisotopic (exact) mass is 338 g/mol. The lowest BCUT2D eigenvalue weighted by Gasteiger charge is -2.31. The van der Waals surface area contributed by atoms with Gasteiger partial charge in [0.05, 0.1) is 3.79 Å². The molecule has 4 nitrogen and oxygen atoms in total. The van der Waals surface area contributed by atoms with E-state index in [9.17, 15) is 8.42 Å². The van der Waals surface area contributed by atoms with Crippen molar-refractivity contribution >= 4 is 37.1 Å². The molecule has 2 heterocycles. The second-order valence-corrected chi connectivity index (χ2v) is 8.92. The van der Waals surface area contributed by atoms with Crippen molar-refractivity contribution < 1.29 is 8.42 Å². The highest BCUT2D eigenvalue weighted by Crippen LogP contribution is 2.29. The zero-order chi connectivity index (χ0) is 12.5. The number of piperazine rings is 1. The third-order valence-corrected chi connectivity index (χ3v) is 7.20. The van der Waals surface area contributed by atoms with Gasteiger partial charge in [-0.15, -0.1) is 11.3 Å². The van der Waals surface area contributed by atoms with Crippen molar-refractivity contribution in [3.05, 3.63) is 15.9 Å². The minimum absolute atomic E-state index is 0.440. The van der Waals surface area contributed by atoms with Crippen molar-refractivity contribution in [2.24, 2.45) is 0 Å². The first-order chi connectivity index (χ1) is 8.01. The van der Waals surface area contributed by atoms with Gasteiger partial charge in [0, 0.05) is 26.2 Å². The first kappa shape index (κ1) is 13.5. The molecule has 7 heteroatoms. The number of thiophene rings is 1. The van der Waals surface area contributed by atoms with Crippen LogP contribution in [0.2, 0.25) is 0 Å². The Kier molecular flexibility index (Phi) is 4.25. The molecule has 0 amide bonds. The molecule has 0 radical (unpaired) electrons. The van der Waals surface area contributed by atoms with E-state index in [-0.39, 0.29) is 0 Å². The van der Waals surface area contributed by atoms with Crippen LogP contribution in [0.5, 0.6) is 0 Å². The Morgan fingerprint density at radius 1 is 1.41 bits per heavy atom. The Morgan fingerprint density at radius 3 is 2.59 bits per heavy atom. The zero-order valence-electron chi connectivity index (χ0n) is 9.52. The van der Waals surface area contributed by atoms with E-state index in [4.69, 9.17) is 0 Å². The predicted octanol–water partition coefficient (Wildman–Crippen LogP) is 1.54. The number of nitrogens with one attached hydrogen (secondary N) is 1. The van der Waals surface area contributed by atoms with Gasteiger partial charge in [0.15, 0.2) is 0 Å². The standard InChI is InChI=1S/C10H15BrN2O2S2/c1-8(13-6-4-12-5-7-13)17(14,15)10-3-2-9(11)16-10/h2-3,8,12H,4-7H2,1H3. The summed E-state index contributed by atoms with van der Waals surface area (Å²) < 4.78 is 26.0. The van der Waals surface area contributed by atoms with E-state index >= 15 is 0 Å². The molecule has 1 aromatic rings. The summed E-state index contributed by atoms with van der Waals surface area (Å²) >= 11 is 4.57. The Labute approximate surface area is 114 Å². The molecule has 1 saturated heterocycles. The first-order valence-corrected chi connectivity index (χ1v) is 8.61. The maximum absolute atomic E-state index is 12.4. The highest BCUT2D eigenvalue weighted by atomic mass is 79.9. The molecule has 1 atom stereocenters. The van der Waals surface area contributed by atoms with E-state index in [1.54, 1.807) is 19.1 Å². The lowest BCUT2D eigenvalue weighted by Crippen LogP contribution is -2.49. The topological polar surface area (TPSA) is 49.4 Å². The van der Waals surface area contributed by atoms with Gasteiger partial charge in [0.1, 0.15) is 9.58 Å². The average molecular weight is 339 g/mol. The summed E-state index contributed by atoms with van der Waals surface area (Å²) in [5.41, 5.74) is 0. The van der Waals surface area contributed by atoms with Crippen molar-refractivity contribution in [1.29, 1.82) is 0 Å². The number of rotatable bonds is 3. The maximum Gasteiger partial charge on any atom is 0.203 e. The summed E-state index contributed by atoms with van der Waals surface area (Å²) in [7, 11) is -3.23. The van der Waals surface area contributed by atoms with Gasteiger partial charge >= 0.3 is 0 Å². The predicted molar refractivity (Wildman–Crippen MR) is 73.1 cm³/mol. The summed E-state index contributed by atoms with van der Waals surface area (Å²) in [5.74, 6) is 0. The quantitative estimate of drug-likeness (QED) is 0.908. The number of halogens is 1. The Hall–Kier alpha value is 0.0500. The Bertz CT molecular complexity index is 480. The van der Waals surface area contributed by atoms with Gasteiger partial charge in [0.2, 0.25) is 9.84 Å². The van der Waals surface area contributed by atoms with Crippen LogP contribution in [0.15, 0.2) is 20.1 Å². The number of nitrogens with zero attached hydrogens (tertiary/aromatic N) is 1. The van der Waals surface area contributed by atoms with Gasteiger partial charge < -0.3 is 5.32 Å². The SMILES string of the molecule is CC(N1CCNCC1)S(=O)(=O)c1ccc(Br)s1. The molecule has 1 aromatic heterocycles. The Morgan fingerprint density at radius 2 is 2.06 bits per heavy atom. The number of hydrogen-bond donors (Lipinski definition) is 1. The third-order valence-electron chi connectivity index (χ3n) is 2.94. The van der Waals surface area contributed by atoms with Crippen LogP contribution in [-0.2, 0) is 9.84 Å². The van der Waals surface area contributed by atoms with E-state index in [0.717, 1.165) is 30.0 Å². The molecule has 0 aromatic carbocycles. The molecule has 0 bridgehead atoms. The van der Waals surface area contributed by atoms with E-state index in [1.807, 2.05) is 4.90 Å². The van der Waals surface area contributed by atoms with Crippen LogP contribution in [0, 0.1) is 0 Å². The van der Waals surface area contributed by atoms with E-state index in [0.29, 0.717) is 4.21 Å². The fraction of sp³-hybridized carbons (Fsp3) is 0.600. The second-order valence-electron chi connectivity index (χ2n) is 3.99. The number of hydrogen-bond acceptors (Lipinski definition) is 5. The van der Waals surface area contributed by atoms with Crippen molar-refractivity contribution in [1.82, 2.24) is 10.2 Å². The molecular formula is C10H15BrN2O2S2. The Balaban J connectivity index is 2.20. The molecule has 1 fully saturated rings. The molecule has 17 heavy (non-hydrogen) atoms. The summed E-state index contributed by atoms with van der Waals surface area (Å²) in [5, 5.41) is 2.77. The van der Waals surface area contributed by atoms with Crippen LogP contribution >= 0.6 is 27.3 Å². The summed E-state index contributed by atoms with van der Waals surface area (Å²) in [6.45, 7) is 5.05. The molecule has 1 aliphatic heterocycles. The normalized spacial score (nSPS) is 20.4. The van der Waals surface area contributed by atoms with Crippen LogP contribution in [-0.4, -0.2) is 44.9 Å². The first-order valence-electron chi connectivity index (χ1n) is 5.46. The van der Waals surface area contributed by atoms with Gasteiger partial charge in [-0.05, 0) is 35.0 Å². The van der Waals surface area contributed by atoms with Crippen LogP contribution in [0.1, 0.15) is 6.92 Å². The second kappa shape index (κ2) is 5.36. The van der Waals surface area contributed by atoms with Crippen molar-refractivity contribution in [3.8, 4) is 0 Å². The zero-order valence-corrected chi connectivity index (χ0v) is 12.7. The molecule has 0 saturated carbocycles. The molecule has 1 N–H and O–H groups in total. The smallest absolute Gasteiger partial charge is 0.203 e. The fourth-order valence-corrected chi connectivity index (χ4v) is 5.65.